The minimum Gasteiger partial charge on any atom is -0.456 e. The highest BCUT2D eigenvalue weighted by atomic mass is 32.1. The maximum absolute atomic E-state index is 6.49. The van der Waals surface area contributed by atoms with Crippen molar-refractivity contribution in [2.75, 3.05) is 0 Å². The van der Waals surface area contributed by atoms with E-state index in [4.69, 9.17) is 39.3 Å². The summed E-state index contributed by atoms with van der Waals surface area (Å²) in [5.41, 5.74) is 33.3. The lowest BCUT2D eigenvalue weighted by Crippen LogP contribution is -2.00. The zero-order valence-corrected chi connectivity index (χ0v) is 77.9. The molecule has 668 valence electrons. The molecule has 20 aromatic carbocycles. The van der Waals surface area contributed by atoms with Gasteiger partial charge < -0.3 is 18.1 Å². The average Bonchev–Trinajstić information content (AvgIpc) is 1.57. The molecule has 0 amide bonds. The number of thiophene rings is 1. The number of hydrogen-bond donors (Lipinski definition) is 0. The number of rotatable bonds is 16. The third kappa shape index (κ3) is 15.0. The van der Waals surface area contributed by atoms with Gasteiger partial charge in [-0.2, -0.15) is 0 Å². The summed E-state index contributed by atoms with van der Waals surface area (Å²) in [6.45, 7) is 0. The van der Waals surface area contributed by atoms with Crippen molar-refractivity contribution in [3.05, 3.63) is 497 Å². The molecule has 0 saturated carbocycles. The minimum atomic E-state index is 0.620. The first kappa shape index (κ1) is 83.4. The Hall–Kier alpha value is -19.0. The van der Waals surface area contributed by atoms with E-state index >= 15 is 0 Å². The van der Waals surface area contributed by atoms with E-state index in [1.807, 2.05) is 96.3 Å². The van der Waals surface area contributed by atoms with Crippen molar-refractivity contribution in [1.82, 2.24) is 48.6 Å². The molecular formula is C131H82N10OS. The molecule has 0 bridgehead atoms. The molecule has 0 unspecified atom stereocenters. The van der Waals surface area contributed by atoms with Crippen LogP contribution in [0.2, 0.25) is 0 Å². The highest BCUT2D eigenvalue weighted by Crippen LogP contribution is 2.48. The zero-order chi connectivity index (χ0) is 94.4. The fraction of sp³-hybridized carbons (Fsp3) is 0. The Balaban J connectivity index is 0.000000157. The van der Waals surface area contributed by atoms with Crippen LogP contribution in [0.3, 0.4) is 0 Å². The SMILES string of the molecule is c1ccc(-c2cc(-c3ccccc3)nc(-c3cccc4c3c3cc(-c5ccc6sc7ccc(-c8ccc9c(c8)c8c(-c%10nc(-c%11ccccc%11)cc(-c%11ccccc%11)n%10)cccc8n9-c8ccccc8)cc7c6c5)ccc3n4-c3ccccc3)n2)cc1.c1ccc(-c2nc(-c3ccccc3)nc(-c3cccc(-c4cccc5oc6ccc(-c7ccc8c(c7)c7ccccc7n8-c7ccccc7)cc6c45)c3)n2)cc1. The Morgan fingerprint density at radius 1 is 0.161 bits per heavy atom. The maximum atomic E-state index is 6.49. The van der Waals surface area contributed by atoms with Gasteiger partial charge in [0.1, 0.15) is 11.2 Å². The highest BCUT2D eigenvalue weighted by molar-refractivity contribution is 7.25. The Morgan fingerprint density at radius 3 is 0.909 bits per heavy atom. The Kier molecular flexibility index (Phi) is 20.5. The number of aromatic nitrogens is 10. The molecule has 0 aliphatic heterocycles. The van der Waals surface area contributed by atoms with Crippen molar-refractivity contribution in [1.29, 1.82) is 0 Å². The predicted molar refractivity (Wildman–Crippen MR) is 591 cm³/mol. The van der Waals surface area contributed by atoms with E-state index in [1.54, 1.807) is 0 Å². The number of furan rings is 1. The number of para-hydroxylation sites is 4. The van der Waals surface area contributed by atoms with Gasteiger partial charge in [0.25, 0.3) is 0 Å². The predicted octanol–water partition coefficient (Wildman–Crippen LogP) is 34.4. The normalized spacial score (nSPS) is 11.6. The molecule has 0 fully saturated rings. The van der Waals surface area contributed by atoms with Gasteiger partial charge in [-0.3, -0.25) is 0 Å². The van der Waals surface area contributed by atoms with Crippen LogP contribution in [0.15, 0.2) is 502 Å². The molecular weight excluding hydrogens is 1760 g/mol. The van der Waals surface area contributed by atoms with E-state index < -0.39 is 0 Å². The average molecular weight is 1840 g/mol. The number of hydrogen-bond acceptors (Lipinski definition) is 9. The molecule has 0 aliphatic rings. The first-order chi connectivity index (χ1) is 70.9. The van der Waals surface area contributed by atoms with E-state index in [1.165, 1.54) is 42.0 Å². The first-order valence-electron chi connectivity index (χ1n) is 48.1. The Morgan fingerprint density at radius 2 is 0.469 bits per heavy atom. The lowest BCUT2D eigenvalue weighted by molar-refractivity contribution is 0.669. The van der Waals surface area contributed by atoms with Crippen molar-refractivity contribution < 1.29 is 4.42 Å². The summed E-state index contributed by atoms with van der Waals surface area (Å²) >= 11 is 1.84. The van der Waals surface area contributed by atoms with Crippen LogP contribution in [0.1, 0.15) is 0 Å². The Labute approximate surface area is 826 Å². The molecule has 0 N–H and O–H groups in total. The van der Waals surface area contributed by atoms with Crippen LogP contribution in [0, 0.1) is 0 Å². The molecule has 143 heavy (non-hydrogen) atoms. The second kappa shape index (κ2) is 35.2. The van der Waals surface area contributed by atoms with Gasteiger partial charge in [-0.1, -0.05) is 346 Å². The molecule has 8 aromatic heterocycles. The van der Waals surface area contributed by atoms with Gasteiger partial charge in [-0.15, -0.1) is 11.3 Å². The van der Waals surface area contributed by atoms with E-state index in [0.29, 0.717) is 29.1 Å². The lowest BCUT2D eigenvalue weighted by Gasteiger charge is -2.11. The van der Waals surface area contributed by atoms with Crippen molar-refractivity contribution in [2.24, 2.45) is 0 Å². The molecule has 28 rings (SSSR count). The third-order valence-electron chi connectivity index (χ3n) is 27.6. The minimum absolute atomic E-state index is 0.620. The van der Waals surface area contributed by atoms with Crippen molar-refractivity contribution in [3.8, 4) is 164 Å². The van der Waals surface area contributed by atoms with E-state index in [9.17, 15) is 0 Å². The molecule has 0 atom stereocenters. The van der Waals surface area contributed by atoms with E-state index in [0.717, 1.165) is 200 Å². The van der Waals surface area contributed by atoms with Gasteiger partial charge in [-0.25, -0.2) is 34.9 Å². The van der Waals surface area contributed by atoms with Crippen LogP contribution >= 0.6 is 11.3 Å². The standard InChI is InChI=1S/C80H50N6S.C51H32N4O/c1-7-21-51(22-8-1)67-49-68(52-23-9-2-10-24-52)82-79(81-67)61-33-19-35-73-77(61)65-47-55(37-41-71(65)85(73)59-29-15-5-16-30-59)57-39-43-75-63(45-57)64-46-58(40-44-76(64)87-75)56-38-42-72-66(48-56)78-62(34-20-36-74(78)86(72)60-31-17-6-18-32-60)80-83-69(53-25-11-3-12-26-53)50-70(84-80)54-27-13-4-14-28-54;1-4-14-33(15-5-1)49-52-50(34-16-6-2-7-17-34)54-51(53-49)38-19-12-18-37(30-38)40-23-13-25-47-48(40)43-32-36(27-29-46(43)56-47)35-26-28-45-42(31-35)41-22-10-11-24-44(41)55(45)39-20-8-3-9-21-39/h1-50H;1-32H. The fourth-order valence-electron chi connectivity index (χ4n) is 20.9. The molecule has 11 nitrogen and oxygen atoms in total. The summed E-state index contributed by atoms with van der Waals surface area (Å²) in [5.74, 6) is 3.26. The molecule has 0 aliphatic carbocycles. The Bertz CT molecular complexity index is 9300. The van der Waals surface area contributed by atoms with Gasteiger partial charge in [-0.05, 0) is 196 Å². The van der Waals surface area contributed by atoms with Crippen molar-refractivity contribution in [3.63, 3.8) is 0 Å². The molecule has 28 aromatic rings. The van der Waals surface area contributed by atoms with Gasteiger partial charge in [0.2, 0.25) is 0 Å². The number of fused-ring (bicyclic) bond motifs is 15. The monoisotopic (exact) mass is 1840 g/mol. The van der Waals surface area contributed by atoms with Crippen molar-refractivity contribution in [2.45, 2.75) is 0 Å². The van der Waals surface area contributed by atoms with Crippen LogP contribution in [0.4, 0.5) is 0 Å². The van der Waals surface area contributed by atoms with Crippen LogP contribution < -0.4 is 0 Å². The number of nitrogens with zero attached hydrogens (tertiary/aromatic N) is 10. The van der Waals surface area contributed by atoms with E-state index in [2.05, 4.69) is 426 Å². The van der Waals surface area contributed by atoms with E-state index in [-0.39, 0.29) is 0 Å². The maximum Gasteiger partial charge on any atom is 0.164 e. The lowest BCUT2D eigenvalue weighted by atomic mass is 9.96. The fourth-order valence-corrected chi connectivity index (χ4v) is 22.0. The van der Waals surface area contributed by atoms with Crippen LogP contribution in [-0.2, 0) is 0 Å². The smallest absolute Gasteiger partial charge is 0.164 e. The van der Waals surface area contributed by atoms with Crippen molar-refractivity contribution >= 4 is 119 Å². The summed E-state index contributed by atoms with van der Waals surface area (Å²) < 4.78 is 16.1. The molecule has 0 saturated heterocycles. The van der Waals surface area contributed by atoms with Gasteiger partial charge in [0.05, 0.1) is 55.9 Å². The summed E-state index contributed by atoms with van der Waals surface area (Å²) in [5, 5.41) is 11.5. The van der Waals surface area contributed by atoms with Crippen LogP contribution in [0.25, 0.3) is 271 Å². The van der Waals surface area contributed by atoms with Crippen LogP contribution in [-0.4, -0.2) is 48.6 Å². The second-order valence-electron chi connectivity index (χ2n) is 36.1. The highest BCUT2D eigenvalue weighted by Gasteiger charge is 2.26. The zero-order valence-electron chi connectivity index (χ0n) is 77.1. The largest absolute Gasteiger partial charge is 0.456 e. The third-order valence-corrected chi connectivity index (χ3v) is 28.8. The quantitative estimate of drug-likeness (QED) is 0.0939. The first-order valence-corrected chi connectivity index (χ1v) is 48.9. The molecule has 0 spiro atoms. The molecule has 8 heterocycles. The summed E-state index contributed by atoms with van der Waals surface area (Å²) in [7, 11) is 0. The molecule has 12 heteroatoms. The number of benzene rings is 20. The van der Waals surface area contributed by atoms with Gasteiger partial charge in [0, 0.05) is 130 Å². The topological polar surface area (TPSA) is 118 Å². The second-order valence-corrected chi connectivity index (χ2v) is 37.2. The molecule has 0 radical (unpaired) electrons. The summed E-state index contributed by atoms with van der Waals surface area (Å²) in [4.78, 5) is 36.3. The summed E-state index contributed by atoms with van der Waals surface area (Å²) in [6.07, 6.45) is 0. The summed E-state index contributed by atoms with van der Waals surface area (Å²) in [6, 6.07) is 176. The van der Waals surface area contributed by atoms with Gasteiger partial charge >= 0.3 is 0 Å². The van der Waals surface area contributed by atoms with Gasteiger partial charge in [0.15, 0.2) is 29.1 Å². The van der Waals surface area contributed by atoms with Crippen LogP contribution in [0.5, 0.6) is 0 Å².